The molecule has 0 aliphatic heterocycles. The lowest BCUT2D eigenvalue weighted by molar-refractivity contribution is 0.590. The fraction of sp³-hybridized carbons (Fsp3) is 0.214. The minimum absolute atomic E-state index is 0.104. The van der Waals surface area contributed by atoms with Crippen molar-refractivity contribution in [2.75, 3.05) is 4.90 Å². The molecule has 1 heteroatoms. The number of rotatable bonds is 7. The summed E-state index contributed by atoms with van der Waals surface area (Å²) in [5.74, 6) is 0.629. The number of hydrogen-bond donors (Lipinski definition) is 0. The molecule has 0 fully saturated rings. The van der Waals surface area contributed by atoms with Crippen LogP contribution in [0.3, 0.4) is 0 Å². The molecule has 9 rings (SSSR count). The topological polar surface area (TPSA) is 3.24 Å². The van der Waals surface area contributed by atoms with Gasteiger partial charge < -0.3 is 4.90 Å². The highest BCUT2D eigenvalue weighted by atomic mass is 15.1. The molecule has 0 N–H and O–H groups in total. The van der Waals surface area contributed by atoms with Crippen molar-refractivity contribution in [1.29, 1.82) is 0 Å². The van der Waals surface area contributed by atoms with Crippen LogP contribution in [0, 0.1) is 5.92 Å². The summed E-state index contributed by atoms with van der Waals surface area (Å²) in [4.78, 5) is 2.38. The van der Waals surface area contributed by atoms with Gasteiger partial charge in [0, 0.05) is 17.1 Å². The van der Waals surface area contributed by atoms with Crippen molar-refractivity contribution in [3.8, 4) is 44.5 Å². The van der Waals surface area contributed by atoms with E-state index in [1.807, 2.05) is 0 Å². The number of para-hydroxylation sites is 1. The normalized spacial score (nSPS) is 12.4. The van der Waals surface area contributed by atoms with Gasteiger partial charge in [0.05, 0.1) is 0 Å². The number of benzene rings is 8. The lowest BCUT2D eigenvalue weighted by Crippen LogP contribution is -2.10. The maximum Gasteiger partial charge on any atom is 0.0468 e. The van der Waals surface area contributed by atoms with Crippen LogP contribution in [-0.2, 0) is 17.3 Å². The largest absolute Gasteiger partial charge is 0.310 e. The molecule has 1 nitrogen and oxygen atoms in total. The molecule has 8 aromatic rings. The first-order chi connectivity index (χ1) is 27.3. The summed E-state index contributed by atoms with van der Waals surface area (Å²) in [5, 5.41) is 5.06. The van der Waals surface area contributed by atoms with Crippen LogP contribution < -0.4 is 4.90 Å². The summed E-state index contributed by atoms with van der Waals surface area (Å²) in [5.41, 5.74) is 18.2. The molecule has 0 saturated heterocycles. The molecule has 0 radical (unpaired) electrons. The Labute approximate surface area is 339 Å². The Hall–Kier alpha value is -5.92. The highest BCUT2D eigenvalue weighted by molar-refractivity contribution is 6.13. The Kier molecular flexibility index (Phi) is 8.97. The molecule has 57 heavy (non-hydrogen) atoms. The van der Waals surface area contributed by atoms with E-state index in [4.69, 9.17) is 0 Å². The summed E-state index contributed by atoms with van der Waals surface area (Å²) >= 11 is 0. The van der Waals surface area contributed by atoms with Gasteiger partial charge in [0.15, 0.2) is 0 Å². The van der Waals surface area contributed by atoms with E-state index in [2.05, 4.69) is 218 Å². The first kappa shape index (κ1) is 36.7. The Morgan fingerprint density at radius 1 is 0.386 bits per heavy atom. The predicted octanol–water partition coefficient (Wildman–Crippen LogP) is 16.2. The Balaban J connectivity index is 1.13. The molecule has 0 heterocycles. The van der Waals surface area contributed by atoms with Crippen LogP contribution in [0.1, 0.15) is 72.1 Å². The van der Waals surface area contributed by atoms with Crippen molar-refractivity contribution in [3.63, 3.8) is 0 Å². The molecule has 1 aliphatic rings. The van der Waals surface area contributed by atoms with Crippen molar-refractivity contribution in [1.82, 2.24) is 0 Å². The van der Waals surface area contributed by atoms with Crippen LogP contribution in [0.2, 0.25) is 0 Å². The van der Waals surface area contributed by atoms with Gasteiger partial charge in [-0.15, -0.1) is 0 Å². The van der Waals surface area contributed by atoms with Gasteiger partial charge in [-0.25, -0.2) is 0 Å². The molecule has 1 aliphatic carbocycles. The van der Waals surface area contributed by atoms with Crippen molar-refractivity contribution >= 4 is 38.6 Å². The molecule has 0 saturated carbocycles. The highest BCUT2D eigenvalue weighted by Gasteiger charge is 2.25. The van der Waals surface area contributed by atoms with Crippen molar-refractivity contribution in [2.24, 2.45) is 5.92 Å². The second-order valence-corrected chi connectivity index (χ2v) is 18.7. The Morgan fingerprint density at radius 3 is 1.25 bits per heavy atom. The molecule has 0 bridgehead atoms. The van der Waals surface area contributed by atoms with Gasteiger partial charge in [-0.05, 0) is 179 Å². The second kappa shape index (κ2) is 13.9. The number of fused-ring (bicyclic) bond motifs is 6. The van der Waals surface area contributed by atoms with Gasteiger partial charge >= 0.3 is 0 Å². The SMILES string of the molecule is CC(C)Cc1ccc(N(c2ccccc2)c2ccc3cc4c(cc3c2)-c2cc3cc(-c5ccc(C(C)(C)C)cc5)c(-c5ccc(C(C)(C)C)cc5)cc3cc2-4)cc1. The Bertz CT molecular complexity index is 2750. The first-order valence-corrected chi connectivity index (χ1v) is 20.7. The van der Waals surface area contributed by atoms with E-state index in [9.17, 15) is 0 Å². The van der Waals surface area contributed by atoms with Crippen LogP contribution in [0.5, 0.6) is 0 Å². The van der Waals surface area contributed by atoms with E-state index in [-0.39, 0.29) is 10.8 Å². The fourth-order valence-electron chi connectivity index (χ4n) is 8.66. The third-order valence-corrected chi connectivity index (χ3v) is 11.9. The van der Waals surface area contributed by atoms with E-state index in [1.165, 1.54) is 88.4 Å². The van der Waals surface area contributed by atoms with Crippen LogP contribution in [0.25, 0.3) is 66.1 Å². The molecular weight excluding hydrogens is 687 g/mol. The smallest absolute Gasteiger partial charge is 0.0468 e. The van der Waals surface area contributed by atoms with E-state index < -0.39 is 0 Å². The van der Waals surface area contributed by atoms with Crippen molar-refractivity contribution < 1.29 is 0 Å². The van der Waals surface area contributed by atoms with Gasteiger partial charge in [0.25, 0.3) is 0 Å². The monoisotopic (exact) mass is 739 g/mol. The first-order valence-electron chi connectivity index (χ1n) is 20.7. The lowest BCUT2D eigenvalue weighted by Gasteiger charge is -2.28. The van der Waals surface area contributed by atoms with Gasteiger partial charge in [-0.2, -0.15) is 0 Å². The summed E-state index contributed by atoms with van der Waals surface area (Å²) in [6.07, 6.45) is 1.09. The van der Waals surface area contributed by atoms with E-state index in [0.29, 0.717) is 5.92 Å². The summed E-state index contributed by atoms with van der Waals surface area (Å²) in [6.45, 7) is 18.3. The summed E-state index contributed by atoms with van der Waals surface area (Å²) < 4.78 is 0. The zero-order valence-corrected chi connectivity index (χ0v) is 34.7. The molecule has 0 unspecified atom stereocenters. The Morgan fingerprint density at radius 2 is 0.789 bits per heavy atom. The molecule has 0 atom stereocenters. The van der Waals surface area contributed by atoms with Crippen LogP contribution in [0.15, 0.2) is 158 Å². The van der Waals surface area contributed by atoms with Crippen LogP contribution in [-0.4, -0.2) is 0 Å². The molecule has 8 aromatic carbocycles. The minimum atomic E-state index is 0.104. The molecule has 0 aromatic heterocycles. The molecule has 282 valence electrons. The number of hydrogen-bond acceptors (Lipinski definition) is 1. The standard InChI is InChI=1S/C56H53N/c1-36(2)28-37-14-25-47(26-15-37)57(46-12-10-9-11-13-46)48-27-20-40-30-51-52(33-41(40)29-48)54-35-43-32-50(39-18-23-45(24-19-39)56(6,7)8)49(31-42(43)34-53(51)54)38-16-21-44(22-17-38)55(3,4)5/h9-27,29-36H,28H2,1-8H3. The van der Waals surface area contributed by atoms with E-state index >= 15 is 0 Å². The molecule has 0 spiro atoms. The maximum atomic E-state index is 2.43. The quantitative estimate of drug-likeness (QED) is 0.157. The number of anilines is 3. The average molecular weight is 740 g/mol. The maximum absolute atomic E-state index is 2.43. The summed E-state index contributed by atoms with van der Waals surface area (Å²) in [6, 6.07) is 59.8. The highest BCUT2D eigenvalue weighted by Crippen LogP contribution is 2.52. The second-order valence-electron chi connectivity index (χ2n) is 18.7. The summed E-state index contributed by atoms with van der Waals surface area (Å²) in [7, 11) is 0. The van der Waals surface area contributed by atoms with Crippen molar-refractivity contribution in [3.05, 3.63) is 174 Å². The van der Waals surface area contributed by atoms with Gasteiger partial charge in [0.2, 0.25) is 0 Å². The third kappa shape index (κ3) is 6.95. The van der Waals surface area contributed by atoms with E-state index in [0.717, 1.165) is 17.8 Å². The minimum Gasteiger partial charge on any atom is -0.310 e. The van der Waals surface area contributed by atoms with E-state index in [1.54, 1.807) is 0 Å². The predicted molar refractivity (Wildman–Crippen MR) is 247 cm³/mol. The average Bonchev–Trinajstić information content (AvgIpc) is 3.19. The molecular formula is C56H53N. The zero-order chi connectivity index (χ0) is 39.6. The van der Waals surface area contributed by atoms with Gasteiger partial charge in [-0.3, -0.25) is 0 Å². The van der Waals surface area contributed by atoms with Gasteiger partial charge in [0.1, 0.15) is 0 Å². The number of nitrogens with zero attached hydrogens (tertiary/aromatic N) is 1. The fourth-order valence-corrected chi connectivity index (χ4v) is 8.66. The van der Waals surface area contributed by atoms with Gasteiger partial charge in [-0.1, -0.05) is 140 Å². The third-order valence-electron chi connectivity index (χ3n) is 11.9. The molecule has 0 amide bonds. The van der Waals surface area contributed by atoms with Crippen LogP contribution >= 0.6 is 0 Å². The van der Waals surface area contributed by atoms with Crippen molar-refractivity contribution in [2.45, 2.75) is 72.6 Å². The lowest BCUT2D eigenvalue weighted by atomic mass is 9.77. The van der Waals surface area contributed by atoms with Crippen LogP contribution in [0.4, 0.5) is 17.1 Å². The zero-order valence-electron chi connectivity index (χ0n) is 34.7.